The Labute approximate surface area is 110 Å². The SMILES string of the molecule is COc1c(Cl)cc(C)c(C2(C(=O)O)CCC2)c1O. The molecule has 2 N–H and O–H groups in total. The minimum absolute atomic E-state index is 0.143. The number of aliphatic carboxylic acids is 1. The molecule has 0 atom stereocenters. The Bertz CT molecular complexity index is 506. The average molecular weight is 271 g/mol. The van der Waals surface area contributed by atoms with Gasteiger partial charge in [0.1, 0.15) is 0 Å². The fourth-order valence-electron chi connectivity index (χ4n) is 2.64. The van der Waals surface area contributed by atoms with Gasteiger partial charge in [0.05, 0.1) is 17.5 Å². The van der Waals surface area contributed by atoms with Crippen molar-refractivity contribution in [3.8, 4) is 11.5 Å². The first-order valence-electron chi connectivity index (χ1n) is 5.74. The summed E-state index contributed by atoms with van der Waals surface area (Å²) in [4.78, 5) is 11.5. The fourth-order valence-corrected chi connectivity index (χ4v) is 2.97. The summed E-state index contributed by atoms with van der Waals surface area (Å²) in [5.74, 6) is -0.911. The van der Waals surface area contributed by atoms with Gasteiger partial charge in [0, 0.05) is 5.56 Å². The highest BCUT2D eigenvalue weighted by Crippen LogP contribution is 2.52. The molecule has 1 aliphatic carbocycles. The number of aryl methyl sites for hydroxylation is 1. The summed E-state index contributed by atoms with van der Waals surface area (Å²) in [6, 6.07) is 1.64. The Morgan fingerprint density at radius 1 is 1.50 bits per heavy atom. The standard InChI is InChI=1S/C13H15ClO4/c1-7-6-8(14)11(18-2)10(15)9(7)13(12(16)17)4-3-5-13/h6,15H,3-5H2,1-2H3,(H,16,17). The van der Waals surface area contributed by atoms with Crippen LogP contribution in [0.2, 0.25) is 5.02 Å². The molecule has 0 amide bonds. The summed E-state index contributed by atoms with van der Waals surface area (Å²) in [5, 5.41) is 19.9. The van der Waals surface area contributed by atoms with Gasteiger partial charge in [-0.2, -0.15) is 0 Å². The van der Waals surface area contributed by atoms with E-state index in [1.165, 1.54) is 7.11 Å². The van der Waals surface area contributed by atoms with E-state index < -0.39 is 11.4 Å². The highest BCUT2D eigenvalue weighted by atomic mass is 35.5. The second kappa shape index (κ2) is 4.35. The van der Waals surface area contributed by atoms with Crippen LogP contribution < -0.4 is 4.74 Å². The molecule has 2 rings (SSSR count). The number of methoxy groups -OCH3 is 1. The summed E-state index contributed by atoms with van der Waals surface area (Å²) >= 11 is 5.97. The van der Waals surface area contributed by atoms with Crippen molar-refractivity contribution in [1.29, 1.82) is 0 Å². The molecule has 0 spiro atoms. The van der Waals surface area contributed by atoms with Gasteiger partial charge in [-0.3, -0.25) is 4.79 Å². The van der Waals surface area contributed by atoms with E-state index in [-0.39, 0.29) is 16.5 Å². The van der Waals surface area contributed by atoms with Gasteiger partial charge < -0.3 is 14.9 Å². The quantitative estimate of drug-likeness (QED) is 0.886. The summed E-state index contributed by atoms with van der Waals surface area (Å²) < 4.78 is 5.04. The molecule has 0 aromatic heterocycles. The molecule has 18 heavy (non-hydrogen) atoms. The summed E-state index contributed by atoms with van der Waals surface area (Å²) in [5.41, 5.74) is 0.120. The first kappa shape index (κ1) is 13.0. The first-order valence-corrected chi connectivity index (χ1v) is 6.12. The number of rotatable bonds is 3. The van der Waals surface area contributed by atoms with E-state index in [2.05, 4.69) is 0 Å². The molecule has 0 radical (unpaired) electrons. The Morgan fingerprint density at radius 2 is 2.11 bits per heavy atom. The van der Waals surface area contributed by atoms with Crippen molar-refractivity contribution in [3.05, 3.63) is 22.2 Å². The zero-order chi connectivity index (χ0) is 13.5. The maximum atomic E-state index is 11.5. The molecule has 1 aliphatic rings. The predicted octanol–water partition coefficient (Wildman–Crippen LogP) is 2.87. The van der Waals surface area contributed by atoms with E-state index in [1.54, 1.807) is 13.0 Å². The van der Waals surface area contributed by atoms with E-state index in [9.17, 15) is 15.0 Å². The second-order valence-electron chi connectivity index (χ2n) is 4.67. The largest absolute Gasteiger partial charge is 0.504 e. The summed E-state index contributed by atoms with van der Waals surface area (Å²) in [6.07, 6.45) is 1.90. The molecule has 1 fully saturated rings. The Morgan fingerprint density at radius 3 is 2.50 bits per heavy atom. The number of carboxylic acids is 1. The van der Waals surface area contributed by atoms with Crippen LogP contribution in [-0.2, 0) is 10.2 Å². The van der Waals surface area contributed by atoms with Gasteiger partial charge in [-0.1, -0.05) is 18.0 Å². The summed E-state index contributed by atoms with van der Waals surface area (Å²) in [7, 11) is 1.40. The van der Waals surface area contributed by atoms with Gasteiger partial charge in [0.15, 0.2) is 11.5 Å². The zero-order valence-electron chi connectivity index (χ0n) is 10.3. The van der Waals surface area contributed by atoms with Crippen molar-refractivity contribution < 1.29 is 19.7 Å². The molecule has 4 nitrogen and oxygen atoms in total. The van der Waals surface area contributed by atoms with Gasteiger partial charge in [0.25, 0.3) is 0 Å². The third kappa shape index (κ3) is 1.63. The van der Waals surface area contributed by atoms with Crippen molar-refractivity contribution in [2.75, 3.05) is 7.11 Å². The van der Waals surface area contributed by atoms with Crippen LogP contribution in [0.3, 0.4) is 0 Å². The molecular formula is C13H15ClO4. The number of benzene rings is 1. The van der Waals surface area contributed by atoms with Crippen LogP contribution in [-0.4, -0.2) is 23.3 Å². The molecule has 0 aliphatic heterocycles. The monoisotopic (exact) mass is 270 g/mol. The molecule has 5 heteroatoms. The van der Waals surface area contributed by atoms with E-state index in [0.717, 1.165) is 6.42 Å². The maximum absolute atomic E-state index is 11.5. The van der Waals surface area contributed by atoms with Gasteiger partial charge >= 0.3 is 5.97 Å². The van der Waals surface area contributed by atoms with E-state index in [0.29, 0.717) is 24.0 Å². The van der Waals surface area contributed by atoms with Crippen LogP contribution in [0.1, 0.15) is 30.4 Å². The molecule has 0 unspecified atom stereocenters. The zero-order valence-corrected chi connectivity index (χ0v) is 11.0. The lowest BCUT2D eigenvalue weighted by Gasteiger charge is -2.39. The lowest BCUT2D eigenvalue weighted by atomic mass is 9.63. The number of phenols is 1. The minimum Gasteiger partial charge on any atom is -0.504 e. The lowest BCUT2D eigenvalue weighted by Crippen LogP contribution is -2.43. The average Bonchev–Trinajstić information content (AvgIpc) is 2.20. The number of halogens is 1. The van der Waals surface area contributed by atoms with Crippen LogP contribution in [0.15, 0.2) is 6.07 Å². The third-order valence-corrected chi connectivity index (χ3v) is 3.99. The molecule has 98 valence electrons. The number of hydrogen-bond acceptors (Lipinski definition) is 3. The molecule has 0 bridgehead atoms. The van der Waals surface area contributed by atoms with Crippen LogP contribution >= 0.6 is 11.6 Å². The van der Waals surface area contributed by atoms with Crippen LogP contribution in [0, 0.1) is 6.92 Å². The number of ether oxygens (including phenoxy) is 1. The topological polar surface area (TPSA) is 66.8 Å². The molecule has 0 heterocycles. The predicted molar refractivity (Wildman–Crippen MR) is 67.6 cm³/mol. The second-order valence-corrected chi connectivity index (χ2v) is 5.08. The van der Waals surface area contributed by atoms with E-state index in [4.69, 9.17) is 16.3 Å². The van der Waals surface area contributed by atoms with Crippen LogP contribution in [0.5, 0.6) is 11.5 Å². The Kier molecular flexibility index (Phi) is 3.15. The third-order valence-electron chi connectivity index (χ3n) is 3.71. The number of carboxylic acid groups (broad SMARTS) is 1. The van der Waals surface area contributed by atoms with Crippen molar-refractivity contribution in [3.63, 3.8) is 0 Å². The molecule has 1 saturated carbocycles. The number of carbonyl (C=O) groups is 1. The van der Waals surface area contributed by atoms with Gasteiger partial charge in [-0.05, 0) is 31.4 Å². The van der Waals surface area contributed by atoms with Crippen LogP contribution in [0.25, 0.3) is 0 Å². The van der Waals surface area contributed by atoms with Crippen molar-refractivity contribution in [1.82, 2.24) is 0 Å². The fraction of sp³-hybridized carbons (Fsp3) is 0.462. The first-order chi connectivity index (χ1) is 8.44. The number of hydrogen-bond donors (Lipinski definition) is 2. The van der Waals surface area contributed by atoms with Crippen molar-refractivity contribution in [2.24, 2.45) is 0 Å². The maximum Gasteiger partial charge on any atom is 0.314 e. The van der Waals surface area contributed by atoms with Crippen molar-refractivity contribution >= 4 is 17.6 Å². The lowest BCUT2D eigenvalue weighted by molar-refractivity contribution is -0.147. The van der Waals surface area contributed by atoms with E-state index in [1.807, 2.05) is 0 Å². The number of phenolic OH excluding ortho intramolecular Hbond substituents is 1. The van der Waals surface area contributed by atoms with Gasteiger partial charge in [-0.25, -0.2) is 0 Å². The smallest absolute Gasteiger partial charge is 0.314 e. The number of aromatic hydroxyl groups is 1. The highest BCUT2D eigenvalue weighted by Gasteiger charge is 2.49. The molecular weight excluding hydrogens is 256 g/mol. The normalized spacial score (nSPS) is 17.1. The summed E-state index contributed by atoms with van der Waals surface area (Å²) in [6.45, 7) is 1.75. The molecule has 0 saturated heterocycles. The Hall–Kier alpha value is -1.42. The van der Waals surface area contributed by atoms with Crippen LogP contribution in [0.4, 0.5) is 0 Å². The van der Waals surface area contributed by atoms with Gasteiger partial charge in [0.2, 0.25) is 0 Å². The Balaban J connectivity index is 2.67. The minimum atomic E-state index is -0.994. The van der Waals surface area contributed by atoms with Crippen molar-refractivity contribution in [2.45, 2.75) is 31.6 Å². The highest BCUT2D eigenvalue weighted by molar-refractivity contribution is 6.32. The molecule has 1 aromatic rings. The molecule has 1 aromatic carbocycles. The van der Waals surface area contributed by atoms with E-state index >= 15 is 0 Å². The van der Waals surface area contributed by atoms with Gasteiger partial charge in [-0.15, -0.1) is 0 Å².